The van der Waals surface area contributed by atoms with E-state index in [0.29, 0.717) is 0 Å². The number of hydrogen-bond acceptors (Lipinski definition) is 1. The van der Waals surface area contributed by atoms with Crippen molar-refractivity contribution in [3.63, 3.8) is 0 Å². The Morgan fingerprint density at radius 1 is 0.288 bits per heavy atom. The van der Waals surface area contributed by atoms with Crippen LogP contribution in [0.4, 0.5) is 0 Å². The highest BCUT2D eigenvalue weighted by molar-refractivity contribution is 6.31. The van der Waals surface area contributed by atoms with Gasteiger partial charge in [0.2, 0.25) is 0 Å². The van der Waals surface area contributed by atoms with Crippen molar-refractivity contribution in [3.8, 4) is 11.4 Å². The second-order valence-electron chi connectivity index (χ2n) is 16.1. The van der Waals surface area contributed by atoms with Crippen LogP contribution in [-0.4, -0.2) is 17.9 Å². The Morgan fingerprint density at radius 2 is 0.847 bits per heavy atom. The second kappa shape index (κ2) is 10.5. The fraction of sp³-hybridized carbons (Fsp3) is 0. The lowest BCUT2D eigenvalue weighted by molar-refractivity contribution is 0.669. The van der Waals surface area contributed by atoms with Crippen molar-refractivity contribution in [2.24, 2.45) is 0 Å². The van der Waals surface area contributed by atoms with Crippen LogP contribution in [0.5, 0.6) is 0 Å². The van der Waals surface area contributed by atoms with E-state index < -0.39 is 0 Å². The number of para-hydroxylation sites is 7. The summed E-state index contributed by atoms with van der Waals surface area (Å²) in [6, 6.07) is 66.7. The van der Waals surface area contributed by atoms with Gasteiger partial charge in [0, 0.05) is 59.5 Å². The molecule has 0 aliphatic heterocycles. The fourth-order valence-electron chi connectivity index (χ4n) is 11.0. The van der Waals surface area contributed by atoms with E-state index in [1.165, 1.54) is 98.3 Å². The molecule has 5 heteroatoms. The number of hydrogen-bond donors (Lipinski definition) is 0. The highest BCUT2D eigenvalue weighted by atomic mass is 16.3. The molecule has 6 aromatic heterocycles. The minimum Gasteiger partial charge on any atom is -0.456 e. The zero-order chi connectivity index (χ0) is 38.1. The third-order valence-electron chi connectivity index (χ3n) is 13.2. The van der Waals surface area contributed by atoms with E-state index in [1.54, 1.807) is 0 Å². The number of nitrogens with zero attached hydrogens (tertiary/aromatic N) is 4. The van der Waals surface area contributed by atoms with Gasteiger partial charge in [0.25, 0.3) is 0 Å². The Bertz CT molecular complexity index is 4250. The van der Waals surface area contributed by atoms with E-state index in [-0.39, 0.29) is 0 Å². The summed E-state index contributed by atoms with van der Waals surface area (Å²) in [5.74, 6) is 0. The number of fused-ring (bicyclic) bond motifs is 18. The van der Waals surface area contributed by atoms with Crippen LogP contribution in [0.15, 0.2) is 186 Å². The van der Waals surface area contributed by atoms with Crippen molar-refractivity contribution >= 4 is 120 Å². The Labute approximate surface area is 334 Å². The number of aromatic nitrogens is 4. The maximum Gasteiger partial charge on any atom is 0.136 e. The first-order valence-corrected chi connectivity index (χ1v) is 20.3. The van der Waals surface area contributed by atoms with Gasteiger partial charge in [0.05, 0.1) is 60.9 Å². The summed E-state index contributed by atoms with van der Waals surface area (Å²) in [5.41, 5.74) is 16.1. The van der Waals surface area contributed by atoms with Crippen LogP contribution < -0.4 is 0 Å². The molecule has 272 valence electrons. The third kappa shape index (κ3) is 3.55. The summed E-state index contributed by atoms with van der Waals surface area (Å²) >= 11 is 0. The van der Waals surface area contributed by atoms with Crippen LogP contribution in [0, 0.1) is 0 Å². The fourth-order valence-corrected chi connectivity index (χ4v) is 11.0. The highest BCUT2D eigenvalue weighted by Crippen LogP contribution is 2.48. The standard InChI is InChI=1S/C54H30N4O/c1-2-14-31(15-3-1)55-43-24-10-6-19-37(43)50-53-40(29-47(54(50)55)56-41-22-8-4-16-32(41)33-17-5-9-23-42(33)56)36-21-13-25-44-52(36)58(53)45-26-12-20-35-38-30-49-39(28-46(38)57(44)51(35)45)34-18-7-11-27-48(34)59-49/h1-30H. The largest absolute Gasteiger partial charge is 0.456 e. The molecular formula is C54H30N4O. The normalized spacial score (nSPS) is 12.7. The first kappa shape index (κ1) is 30.2. The van der Waals surface area contributed by atoms with Gasteiger partial charge >= 0.3 is 0 Å². The van der Waals surface area contributed by atoms with Gasteiger partial charge in [0.15, 0.2) is 0 Å². The molecule has 0 aliphatic rings. The lowest BCUT2D eigenvalue weighted by Gasteiger charge is -2.15. The summed E-state index contributed by atoms with van der Waals surface area (Å²) in [6.07, 6.45) is 0. The van der Waals surface area contributed by atoms with Crippen LogP contribution in [-0.2, 0) is 0 Å². The molecule has 0 fully saturated rings. The van der Waals surface area contributed by atoms with E-state index >= 15 is 0 Å². The predicted molar refractivity (Wildman–Crippen MR) is 246 cm³/mol. The summed E-state index contributed by atoms with van der Waals surface area (Å²) in [7, 11) is 0. The van der Waals surface area contributed by atoms with Crippen molar-refractivity contribution < 1.29 is 4.42 Å². The molecule has 0 saturated heterocycles. The minimum atomic E-state index is 0.915. The van der Waals surface area contributed by atoms with E-state index in [4.69, 9.17) is 4.42 Å². The van der Waals surface area contributed by atoms with Gasteiger partial charge in [0.1, 0.15) is 11.2 Å². The zero-order valence-electron chi connectivity index (χ0n) is 31.5. The quantitative estimate of drug-likeness (QED) is 0.162. The smallest absolute Gasteiger partial charge is 0.136 e. The summed E-state index contributed by atoms with van der Waals surface area (Å²) in [5, 5.41) is 12.1. The molecule has 15 rings (SSSR count). The molecular weight excluding hydrogens is 721 g/mol. The topological polar surface area (TPSA) is 31.8 Å². The van der Waals surface area contributed by atoms with E-state index in [9.17, 15) is 0 Å². The van der Waals surface area contributed by atoms with Crippen LogP contribution >= 0.6 is 0 Å². The van der Waals surface area contributed by atoms with E-state index in [1.807, 2.05) is 6.07 Å². The first-order valence-electron chi connectivity index (χ1n) is 20.3. The SMILES string of the molecule is c1ccc(-n2c3ccccc3c3c2c(-n2c4ccccc4c4ccccc42)cc2c4cccc5c4n(c4cccc6c7cc8oc9ccccc9c8cc7n5c64)c23)cc1. The monoisotopic (exact) mass is 750 g/mol. The van der Waals surface area contributed by atoms with Crippen LogP contribution in [0.2, 0.25) is 0 Å². The van der Waals surface area contributed by atoms with Gasteiger partial charge in [-0.05, 0) is 66.7 Å². The minimum absolute atomic E-state index is 0.915. The van der Waals surface area contributed by atoms with Crippen molar-refractivity contribution in [3.05, 3.63) is 182 Å². The van der Waals surface area contributed by atoms with Crippen LogP contribution in [0.1, 0.15) is 0 Å². The summed E-state index contributed by atoms with van der Waals surface area (Å²) < 4.78 is 16.6. The van der Waals surface area contributed by atoms with Crippen molar-refractivity contribution in [1.29, 1.82) is 0 Å². The number of rotatable bonds is 2. The van der Waals surface area contributed by atoms with Gasteiger partial charge in [-0.3, -0.25) is 0 Å². The molecule has 0 atom stereocenters. The van der Waals surface area contributed by atoms with Gasteiger partial charge in [-0.25, -0.2) is 0 Å². The molecule has 0 radical (unpaired) electrons. The lowest BCUT2D eigenvalue weighted by Crippen LogP contribution is -2.01. The molecule has 0 saturated carbocycles. The number of benzene rings is 9. The maximum atomic E-state index is 6.46. The lowest BCUT2D eigenvalue weighted by atomic mass is 10.1. The van der Waals surface area contributed by atoms with Gasteiger partial charge in [-0.15, -0.1) is 0 Å². The molecule has 59 heavy (non-hydrogen) atoms. The van der Waals surface area contributed by atoms with Crippen molar-refractivity contribution in [2.75, 3.05) is 0 Å². The van der Waals surface area contributed by atoms with E-state index in [0.717, 1.165) is 33.3 Å². The number of furan rings is 1. The Hall–Kier alpha value is -8.02. The molecule has 0 unspecified atom stereocenters. The van der Waals surface area contributed by atoms with Crippen LogP contribution in [0.3, 0.4) is 0 Å². The van der Waals surface area contributed by atoms with Gasteiger partial charge in [-0.2, -0.15) is 0 Å². The van der Waals surface area contributed by atoms with Crippen molar-refractivity contribution in [1.82, 2.24) is 17.9 Å². The predicted octanol–water partition coefficient (Wildman–Crippen LogP) is 14.3. The Morgan fingerprint density at radius 3 is 1.59 bits per heavy atom. The van der Waals surface area contributed by atoms with Crippen LogP contribution in [0.25, 0.3) is 132 Å². The molecule has 6 heterocycles. The Balaban J connectivity index is 1.23. The van der Waals surface area contributed by atoms with Crippen molar-refractivity contribution in [2.45, 2.75) is 0 Å². The molecule has 0 bridgehead atoms. The molecule has 0 aliphatic carbocycles. The Kier molecular flexibility index (Phi) is 5.36. The average Bonchev–Trinajstić information content (AvgIpc) is 4.09. The molecule has 5 nitrogen and oxygen atoms in total. The van der Waals surface area contributed by atoms with E-state index in [2.05, 4.69) is 194 Å². The molecule has 9 aromatic carbocycles. The molecule has 0 spiro atoms. The molecule has 0 N–H and O–H groups in total. The molecule has 0 amide bonds. The van der Waals surface area contributed by atoms with Gasteiger partial charge in [-0.1, -0.05) is 115 Å². The summed E-state index contributed by atoms with van der Waals surface area (Å²) in [6.45, 7) is 0. The summed E-state index contributed by atoms with van der Waals surface area (Å²) in [4.78, 5) is 0. The first-order chi connectivity index (χ1) is 29.3. The second-order valence-corrected chi connectivity index (χ2v) is 16.1. The maximum absolute atomic E-state index is 6.46. The third-order valence-corrected chi connectivity index (χ3v) is 13.2. The zero-order valence-corrected chi connectivity index (χ0v) is 31.5. The average molecular weight is 751 g/mol. The van der Waals surface area contributed by atoms with Gasteiger partial charge < -0.3 is 22.4 Å². The molecule has 15 aromatic rings. The highest BCUT2D eigenvalue weighted by Gasteiger charge is 2.28.